The minimum atomic E-state index is 0.445. The van der Waals surface area contributed by atoms with Crippen molar-refractivity contribution < 1.29 is 9.47 Å². The van der Waals surface area contributed by atoms with Gasteiger partial charge in [0.1, 0.15) is 12.9 Å². The summed E-state index contributed by atoms with van der Waals surface area (Å²) in [6.45, 7) is 0.909. The molecule has 0 atom stereocenters. The molecule has 0 aromatic carbocycles. The fraction of sp³-hybridized carbons (Fsp3) is 0.429. The predicted molar refractivity (Wildman–Crippen MR) is 43.1 cm³/mol. The van der Waals surface area contributed by atoms with E-state index in [9.17, 15) is 0 Å². The van der Waals surface area contributed by atoms with Crippen LogP contribution in [0, 0.1) is 0 Å². The number of aromatic nitrogens is 2. The summed E-state index contributed by atoms with van der Waals surface area (Å²) in [4.78, 5) is 7.68. The molecule has 0 aliphatic carbocycles. The van der Waals surface area contributed by atoms with Gasteiger partial charge in [0.2, 0.25) is 11.8 Å². The molecule has 0 aliphatic heterocycles. The molecule has 12 heavy (non-hydrogen) atoms. The minimum Gasteiger partial charge on any atom is -0.481 e. The first-order chi connectivity index (χ1) is 5.86. The van der Waals surface area contributed by atoms with Crippen LogP contribution >= 0.6 is 0 Å². The maximum absolute atomic E-state index is 5.25. The number of nitrogens with zero attached hydrogens (tertiary/aromatic N) is 2. The molecule has 0 saturated heterocycles. The molecule has 0 spiro atoms. The Morgan fingerprint density at radius 1 is 1.42 bits per heavy atom. The molecule has 1 aromatic rings. The number of hydrogen-bond donors (Lipinski definition) is 1. The Morgan fingerprint density at radius 2 is 2.17 bits per heavy atom. The molecule has 1 heterocycles. The van der Waals surface area contributed by atoms with Crippen molar-refractivity contribution in [2.45, 2.75) is 0 Å². The maximum atomic E-state index is 5.25. The zero-order chi connectivity index (χ0) is 8.81. The van der Waals surface area contributed by atoms with Crippen molar-refractivity contribution in [2.75, 3.05) is 20.3 Å². The van der Waals surface area contributed by atoms with Gasteiger partial charge in [-0.2, -0.15) is 0 Å². The number of hydrogen-bond acceptors (Lipinski definition) is 5. The van der Waals surface area contributed by atoms with E-state index in [2.05, 4.69) is 9.97 Å². The lowest BCUT2D eigenvalue weighted by atomic mass is 10.6. The Hall–Kier alpha value is -1.36. The molecule has 0 radical (unpaired) electrons. The van der Waals surface area contributed by atoms with E-state index in [-0.39, 0.29) is 0 Å². The van der Waals surface area contributed by atoms with E-state index in [0.29, 0.717) is 24.9 Å². The highest BCUT2D eigenvalue weighted by Gasteiger charge is 1.97. The van der Waals surface area contributed by atoms with Crippen molar-refractivity contribution in [1.29, 1.82) is 0 Å². The molecule has 5 heteroatoms. The largest absolute Gasteiger partial charge is 0.481 e. The molecular formula is C7H11N3O2. The second-order valence-electron chi connectivity index (χ2n) is 2.04. The van der Waals surface area contributed by atoms with Crippen LogP contribution in [0.15, 0.2) is 12.4 Å². The van der Waals surface area contributed by atoms with Crippen LogP contribution < -0.4 is 15.2 Å². The lowest BCUT2D eigenvalue weighted by Crippen LogP contribution is -2.11. The molecule has 5 nitrogen and oxygen atoms in total. The number of ether oxygens (including phenoxy) is 2. The Balaban J connectivity index is 2.60. The fourth-order valence-electron chi connectivity index (χ4n) is 0.677. The van der Waals surface area contributed by atoms with Gasteiger partial charge in [-0.3, -0.25) is 0 Å². The van der Waals surface area contributed by atoms with E-state index in [1.54, 1.807) is 6.07 Å². The van der Waals surface area contributed by atoms with Crippen LogP contribution in [-0.4, -0.2) is 30.2 Å². The maximum Gasteiger partial charge on any atom is 0.220 e. The molecule has 1 aromatic heterocycles. The molecule has 0 amide bonds. The van der Waals surface area contributed by atoms with E-state index in [4.69, 9.17) is 15.2 Å². The first kappa shape index (κ1) is 8.73. The second kappa shape index (κ2) is 4.50. The van der Waals surface area contributed by atoms with Gasteiger partial charge in [-0.05, 0) is 0 Å². The first-order valence-corrected chi connectivity index (χ1v) is 3.55. The van der Waals surface area contributed by atoms with Crippen molar-refractivity contribution in [3.8, 4) is 11.8 Å². The van der Waals surface area contributed by atoms with Crippen molar-refractivity contribution >= 4 is 0 Å². The molecule has 0 bridgehead atoms. The van der Waals surface area contributed by atoms with Gasteiger partial charge < -0.3 is 15.2 Å². The zero-order valence-electron chi connectivity index (χ0n) is 6.86. The third-order valence-corrected chi connectivity index (χ3v) is 1.19. The van der Waals surface area contributed by atoms with E-state index >= 15 is 0 Å². The van der Waals surface area contributed by atoms with Crippen LogP contribution in [-0.2, 0) is 0 Å². The normalized spacial score (nSPS) is 9.50. The summed E-state index contributed by atoms with van der Waals surface area (Å²) >= 11 is 0. The fourth-order valence-corrected chi connectivity index (χ4v) is 0.677. The number of nitrogens with two attached hydrogens (primary N) is 1. The highest BCUT2D eigenvalue weighted by Crippen LogP contribution is 2.11. The molecule has 2 N–H and O–H groups in total. The molecule has 0 fully saturated rings. The SMILES string of the molecule is COc1cc(OCCN)ncn1. The van der Waals surface area contributed by atoms with Crippen LogP contribution in [0.4, 0.5) is 0 Å². The van der Waals surface area contributed by atoms with Crippen molar-refractivity contribution in [1.82, 2.24) is 9.97 Å². The summed E-state index contributed by atoms with van der Waals surface area (Å²) in [7, 11) is 1.54. The van der Waals surface area contributed by atoms with Gasteiger partial charge in [0.25, 0.3) is 0 Å². The van der Waals surface area contributed by atoms with Gasteiger partial charge in [-0.25, -0.2) is 9.97 Å². The third kappa shape index (κ3) is 2.35. The van der Waals surface area contributed by atoms with Crippen LogP contribution in [0.25, 0.3) is 0 Å². The van der Waals surface area contributed by atoms with Gasteiger partial charge in [0, 0.05) is 6.54 Å². The van der Waals surface area contributed by atoms with Crippen LogP contribution in [0.2, 0.25) is 0 Å². The minimum absolute atomic E-state index is 0.445. The summed E-state index contributed by atoms with van der Waals surface area (Å²) in [6.07, 6.45) is 1.38. The van der Waals surface area contributed by atoms with Gasteiger partial charge in [0.15, 0.2) is 0 Å². The Morgan fingerprint density at radius 3 is 2.83 bits per heavy atom. The van der Waals surface area contributed by atoms with E-state index < -0.39 is 0 Å². The monoisotopic (exact) mass is 169 g/mol. The number of rotatable bonds is 4. The average Bonchev–Trinajstić information content (AvgIpc) is 2.15. The molecule has 0 unspecified atom stereocenters. The van der Waals surface area contributed by atoms with Gasteiger partial charge >= 0.3 is 0 Å². The second-order valence-corrected chi connectivity index (χ2v) is 2.04. The van der Waals surface area contributed by atoms with E-state index in [1.165, 1.54) is 13.4 Å². The lowest BCUT2D eigenvalue weighted by molar-refractivity contribution is 0.310. The lowest BCUT2D eigenvalue weighted by Gasteiger charge is -2.03. The summed E-state index contributed by atoms with van der Waals surface area (Å²) in [5.74, 6) is 0.962. The van der Waals surface area contributed by atoms with Crippen LogP contribution in [0.1, 0.15) is 0 Å². The average molecular weight is 169 g/mol. The molecule has 66 valence electrons. The van der Waals surface area contributed by atoms with Crippen LogP contribution in [0.5, 0.6) is 11.8 Å². The first-order valence-electron chi connectivity index (χ1n) is 3.55. The van der Waals surface area contributed by atoms with Crippen molar-refractivity contribution in [3.63, 3.8) is 0 Å². The molecule has 0 saturated carbocycles. The number of methoxy groups -OCH3 is 1. The predicted octanol–water partition coefficient (Wildman–Crippen LogP) is -0.177. The molecular weight excluding hydrogens is 158 g/mol. The Labute approximate surface area is 70.5 Å². The van der Waals surface area contributed by atoms with E-state index in [1.807, 2.05) is 0 Å². The van der Waals surface area contributed by atoms with Crippen molar-refractivity contribution in [2.24, 2.45) is 5.73 Å². The highest BCUT2D eigenvalue weighted by molar-refractivity contribution is 5.17. The van der Waals surface area contributed by atoms with Gasteiger partial charge in [0.05, 0.1) is 13.2 Å². The zero-order valence-corrected chi connectivity index (χ0v) is 6.86. The topological polar surface area (TPSA) is 70.3 Å². The Kier molecular flexibility index (Phi) is 3.28. The standard InChI is InChI=1S/C7H11N3O2/c1-11-6-4-7(10-5-9-6)12-3-2-8/h4-5H,2-3,8H2,1H3. The summed E-state index contributed by atoms with van der Waals surface area (Å²) < 4.78 is 10.0. The quantitative estimate of drug-likeness (QED) is 0.677. The summed E-state index contributed by atoms with van der Waals surface area (Å²) in [5.41, 5.74) is 5.25. The van der Waals surface area contributed by atoms with E-state index in [0.717, 1.165) is 0 Å². The third-order valence-electron chi connectivity index (χ3n) is 1.19. The summed E-state index contributed by atoms with van der Waals surface area (Å²) in [6, 6.07) is 1.61. The van der Waals surface area contributed by atoms with Gasteiger partial charge in [-0.15, -0.1) is 0 Å². The summed E-state index contributed by atoms with van der Waals surface area (Å²) in [5, 5.41) is 0. The molecule has 0 aliphatic rings. The van der Waals surface area contributed by atoms with Gasteiger partial charge in [-0.1, -0.05) is 0 Å². The smallest absolute Gasteiger partial charge is 0.220 e. The highest BCUT2D eigenvalue weighted by atomic mass is 16.5. The van der Waals surface area contributed by atoms with Crippen molar-refractivity contribution in [3.05, 3.63) is 12.4 Å². The molecule has 1 rings (SSSR count). The Bertz CT molecular complexity index is 242. The van der Waals surface area contributed by atoms with Crippen LogP contribution in [0.3, 0.4) is 0 Å².